The summed E-state index contributed by atoms with van der Waals surface area (Å²) in [6.07, 6.45) is 1.48. The van der Waals surface area contributed by atoms with Gasteiger partial charge >= 0.3 is 6.09 Å². The maximum atomic E-state index is 13.2. The van der Waals surface area contributed by atoms with Gasteiger partial charge in [-0.15, -0.1) is 0 Å². The number of nitrogens with zero attached hydrogens (tertiary/aromatic N) is 1. The fraction of sp³-hybridized carbons (Fsp3) is 0.435. The Kier molecular flexibility index (Phi) is 6.80. The Labute approximate surface area is 175 Å². The summed E-state index contributed by atoms with van der Waals surface area (Å²) in [5.74, 6) is -0.533. The van der Waals surface area contributed by atoms with E-state index < -0.39 is 17.2 Å². The number of benzene rings is 2. The van der Waals surface area contributed by atoms with E-state index in [2.05, 4.69) is 0 Å². The van der Waals surface area contributed by atoms with Crippen LogP contribution in [0.3, 0.4) is 0 Å². The van der Waals surface area contributed by atoms with E-state index in [1.165, 1.54) is 6.07 Å². The van der Waals surface area contributed by atoms with E-state index in [-0.39, 0.29) is 18.7 Å². The lowest BCUT2D eigenvalue weighted by Crippen LogP contribution is -2.42. The number of carbonyl (C=O) groups excluding carboxylic acids is 1. The smallest absolute Gasteiger partial charge is 0.410 e. The quantitative estimate of drug-likeness (QED) is 0.636. The fourth-order valence-corrected chi connectivity index (χ4v) is 3.19. The van der Waals surface area contributed by atoms with Gasteiger partial charge in [-0.1, -0.05) is 6.07 Å². The van der Waals surface area contributed by atoms with Crippen molar-refractivity contribution in [3.8, 4) is 11.5 Å². The number of likely N-dealkylation sites (tertiary alicyclic amines) is 1. The Morgan fingerprint density at radius 3 is 2.33 bits per heavy atom. The third-order valence-corrected chi connectivity index (χ3v) is 4.66. The Morgan fingerprint density at radius 1 is 1.03 bits per heavy atom. The van der Waals surface area contributed by atoms with Gasteiger partial charge in [0.1, 0.15) is 30.3 Å². The summed E-state index contributed by atoms with van der Waals surface area (Å²) in [5.41, 5.74) is 0.0123. The molecule has 1 aliphatic heterocycles. The minimum Gasteiger partial charge on any atom is -0.491 e. The molecule has 5 nitrogen and oxygen atoms in total. The molecule has 30 heavy (non-hydrogen) atoms. The van der Waals surface area contributed by atoms with Gasteiger partial charge < -0.3 is 19.1 Å². The van der Waals surface area contributed by atoms with Crippen LogP contribution in [-0.4, -0.2) is 35.8 Å². The number of amides is 1. The molecule has 0 spiro atoms. The molecule has 0 aliphatic carbocycles. The third kappa shape index (κ3) is 6.08. The van der Waals surface area contributed by atoms with E-state index in [0.29, 0.717) is 30.2 Å². The predicted octanol–water partition coefficient (Wildman–Crippen LogP) is 5.32. The number of rotatable bonds is 6. The van der Waals surface area contributed by atoms with Gasteiger partial charge in [-0.05, 0) is 75.6 Å². The highest BCUT2D eigenvalue weighted by Gasteiger charge is 2.32. The number of halogens is 2. The Bertz CT molecular complexity index is 864. The molecular weight excluding hydrogens is 392 g/mol. The van der Waals surface area contributed by atoms with Crippen molar-refractivity contribution >= 4 is 6.09 Å². The number of carbonyl (C=O) groups is 1. The van der Waals surface area contributed by atoms with Gasteiger partial charge in [0.05, 0.1) is 6.04 Å². The molecule has 1 saturated heterocycles. The molecule has 0 N–H and O–H groups in total. The average molecular weight is 419 g/mol. The molecule has 1 aliphatic rings. The Morgan fingerprint density at radius 2 is 1.70 bits per heavy atom. The molecule has 1 fully saturated rings. The summed E-state index contributed by atoms with van der Waals surface area (Å²) in [5, 5.41) is 0. The molecule has 0 unspecified atom stereocenters. The summed E-state index contributed by atoms with van der Waals surface area (Å²) >= 11 is 0. The zero-order chi connectivity index (χ0) is 21.7. The highest BCUT2D eigenvalue weighted by atomic mass is 19.2. The first-order chi connectivity index (χ1) is 14.2. The third-order valence-electron chi connectivity index (χ3n) is 4.66. The topological polar surface area (TPSA) is 48.0 Å². The molecule has 7 heteroatoms. The first-order valence-electron chi connectivity index (χ1n) is 10.0. The maximum absolute atomic E-state index is 13.2. The SMILES string of the molecule is CC(C)(C)OC(=O)N1CCC[C@@H]1COc1ccc(OCc2ccc(F)c(F)c2)cc1. The van der Waals surface area contributed by atoms with E-state index in [0.717, 1.165) is 25.0 Å². The summed E-state index contributed by atoms with van der Waals surface area (Å²) < 4.78 is 43.1. The molecule has 0 saturated carbocycles. The molecule has 0 aromatic heterocycles. The van der Waals surface area contributed by atoms with Gasteiger partial charge in [0.25, 0.3) is 0 Å². The second-order valence-electron chi connectivity index (χ2n) is 8.29. The minimum absolute atomic E-state index is 0.0239. The van der Waals surface area contributed by atoms with Crippen molar-refractivity contribution in [2.24, 2.45) is 0 Å². The van der Waals surface area contributed by atoms with E-state index >= 15 is 0 Å². The monoisotopic (exact) mass is 419 g/mol. The normalized spacial score (nSPS) is 16.4. The molecular formula is C23H27F2NO4. The largest absolute Gasteiger partial charge is 0.491 e. The maximum Gasteiger partial charge on any atom is 0.410 e. The van der Waals surface area contributed by atoms with Crippen LogP contribution in [0.15, 0.2) is 42.5 Å². The lowest BCUT2D eigenvalue weighted by molar-refractivity contribution is 0.0187. The minimum atomic E-state index is -0.896. The van der Waals surface area contributed by atoms with Crippen LogP contribution >= 0.6 is 0 Å². The molecule has 1 heterocycles. The lowest BCUT2D eigenvalue weighted by Gasteiger charge is -2.28. The van der Waals surface area contributed by atoms with Crippen molar-refractivity contribution < 1.29 is 27.8 Å². The zero-order valence-corrected chi connectivity index (χ0v) is 17.5. The van der Waals surface area contributed by atoms with Crippen molar-refractivity contribution in [3.63, 3.8) is 0 Å². The van der Waals surface area contributed by atoms with Crippen LogP contribution in [0, 0.1) is 11.6 Å². The van der Waals surface area contributed by atoms with E-state index in [9.17, 15) is 13.6 Å². The van der Waals surface area contributed by atoms with Crippen LogP contribution in [0.4, 0.5) is 13.6 Å². The van der Waals surface area contributed by atoms with E-state index in [1.54, 1.807) is 29.2 Å². The summed E-state index contributed by atoms with van der Waals surface area (Å²) in [6.45, 7) is 6.73. The summed E-state index contributed by atoms with van der Waals surface area (Å²) in [4.78, 5) is 14.1. The standard InChI is InChI=1S/C23H27F2NO4/c1-23(2,3)30-22(27)26-12-4-5-17(26)15-29-19-9-7-18(8-10-19)28-14-16-6-11-20(24)21(25)13-16/h6-11,13,17H,4-5,12,14-15H2,1-3H3/t17-/m1/s1. The molecule has 0 bridgehead atoms. The second-order valence-corrected chi connectivity index (χ2v) is 8.29. The van der Waals surface area contributed by atoms with Crippen LogP contribution in [0.5, 0.6) is 11.5 Å². The van der Waals surface area contributed by atoms with Crippen LogP contribution in [0.25, 0.3) is 0 Å². The van der Waals surface area contributed by atoms with Crippen LogP contribution in [-0.2, 0) is 11.3 Å². The molecule has 1 amide bonds. The molecule has 3 rings (SSSR count). The second kappa shape index (κ2) is 9.32. The summed E-state index contributed by atoms with van der Waals surface area (Å²) in [7, 11) is 0. The zero-order valence-electron chi connectivity index (χ0n) is 17.5. The Hall–Kier alpha value is -2.83. The molecule has 1 atom stereocenters. The molecule has 2 aromatic carbocycles. The van der Waals surface area contributed by atoms with Crippen molar-refractivity contribution in [2.75, 3.05) is 13.2 Å². The van der Waals surface area contributed by atoms with Gasteiger partial charge in [0, 0.05) is 6.54 Å². The first kappa shape index (κ1) is 21.9. The molecule has 2 aromatic rings. The van der Waals surface area contributed by atoms with Gasteiger partial charge in [0.15, 0.2) is 11.6 Å². The van der Waals surface area contributed by atoms with Crippen molar-refractivity contribution in [1.29, 1.82) is 0 Å². The first-order valence-corrected chi connectivity index (χ1v) is 10.0. The van der Waals surface area contributed by atoms with Gasteiger partial charge in [-0.25, -0.2) is 13.6 Å². The highest BCUT2D eigenvalue weighted by Crippen LogP contribution is 2.23. The molecule has 0 radical (unpaired) electrons. The van der Waals surface area contributed by atoms with Gasteiger partial charge in [-0.3, -0.25) is 0 Å². The Balaban J connectivity index is 1.49. The lowest BCUT2D eigenvalue weighted by atomic mass is 10.2. The summed E-state index contributed by atoms with van der Waals surface area (Å²) in [6, 6.07) is 10.7. The number of hydrogen-bond donors (Lipinski definition) is 0. The fourth-order valence-electron chi connectivity index (χ4n) is 3.19. The van der Waals surface area contributed by atoms with Crippen molar-refractivity contribution in [2.45, 2.75) is 51.9 Å². The van der Waals surface area contributed by atoms with Crippen LogP contribution in [0.1, 0.15) is 39.2 Å². The number of ether oxygens (including phenoxy) is 3. The highest BCUT2D eigenvalue weighted by molar-refractivity contribution is 5.69. The van der Waals surface area contributed by atoms with Gasteiger partial charge in [-0.2, -0.15) is 0 Å². The van der Waals surface area contributed by atoms with Crippen LogP contribution < -0.4 is 9.47 Å². The van der Waals surface area contributed by atoms with Crippen molar-refractivity contribution in [3.05, 3.63) is 59.7 Å². The number of hydrogen-bond acceptors (Lipinski definition) is 4. The molecule has 162 valence electrons. The predicted molar refractivity (Wildman–Crippen MR) is 109 cm³/mol. The van der Waals surface area contributed by atoms with E-state index in [4.69, 9.17) is 14.2 Å². The van der Waals surface area contributed by atoms with Crippen molar-refractivity contribution in [1.82, 2.24) is 4.90 Å². The average Bonchev–Trinajstić information content (AvgIpc) is 3.16. The van der Waals surface area contributed by atoms with Gasteiger partial charge in [0.2, 0.25) is 0 Å². The van der Waals surface area contributed by atoms with E-state index in [1.807, 2.05) is 20.8 Å². The van der Waals surface area contributed by atoms with Crippen LogP contribution in [0.2, 0.25) is 0 Å².